The first-order chi connectivity index (χ1) is 7.34. The number of likely N-dealkylation sites (tertiary alicyclic amines) is 1. The largest absolute Gasteiger partial charge is 0.316 e. The molecule has 0 unspecified atom stereocenters. The van der Waals surface area contributed by atoms with Gasteiger partial charge < -0.3 is 10.2 Å². The highest BCUT2D eigenvalue weighted by atomic mass is 15.1. The zero-order valence-electron chi connectivity index (χ0n) is 10.2. The van der Waals surface area contributed by atoms with Crippen molar-refractivity contribution in [3.63, 3.8) is 0 Å². The summed E-state index contributed by atoms with van der Waals surface area (Å²) in [5.74, 6) is 2.05. The Hall–Kier alpha value is -0.0800. The molecule has 1 aliphatic heterocycles. The second-order valence-electron chi connectivity index (χ2n) is 5.54. The Morgan fingerprint density at radius 2 is 1.80 bits per heavy atom. The summed E-state index contributed by atoms with van der Waals surface area (Å²) in [5, 5.41) is 3.63. The van der Waals surface area contributed by atoms with Crippen LogP contribution in [0.3, 0.4) is 0 Å². The van der Waals surface area contributed by atoms with E-state index in [1.807, 2.05) is 0 Å². The number of hydrogen-bond donors (Lipinski definition) is 1. The number of rotatable bonds is 6. The van der Waals surface area contributed by atoms with Crippen LogP contribution in [0.5, 0.6) is 0 Å². The van der Waals surface area contributed by atoms with Gasteiger partial charge in [0, 0.05) is 0 Å². The molecule has 0 bridgehead atoms. The molecule has 2 aliphatic rings. The van der Waals surface area contributed by atoms with E-state index in [0.29, 0.717) is 0 Å². The number of piperidine rings is 1. The van der Waals surface area contributed by atoms with Crippen LogP contribution in [0.2, 0.25) is 0 Å². The Kier molecular flexibility index (Phi) is 4.45. The van der Waals surface area contributed by atoms with E-state index in [2.05, 4.69) is 17.3 Å². The first-order valence-electron chi connectivity index (χ1n) is 6.74. The van der Waals surface area contributed by atoms with E-state index in [1.54, 1.807) is 0 Å². The van der Waals surface area contributed by atoms with Crippen molar-refractivity contribution in [2.45, 2.75) is 38.5 Å². The maximum absolute atomic E-state index is 3.63. The minimum atomic E-state index is 0.946. The molecule has 0 atom stereocenters. The number of nitrogens with zero attached hydrogens (tertiary/aromatic N) is 1. The topological polar surface area (TPSA) is 15.3 Å². The van der Waals surface area contributed by atoms with Crippen LogP contribution >= 0.6 is 0 Å². The van der Waals surface area contributed by atoms with Gasteiger partial charge in [-0.3, -0.25) is 0 Å². The molecule has 1 aliphatic carbocycles. The lowest BCUT2D eigenvalue weighted by atomic mass is 9.97. The van der Waals surface area contributed by atoms with E-state index < -0.39 is 0 Å². The Morgan fingerprint density at radius 1 is 1.07 bits per heavy atom. The normalized spacial score (nSPS) is 24.6. The molecule has 0 aromatic heterocycles. The molecule has 0 radical (unpaired) electrons. The fourth-order valence-electron chi connectivity index (χ4n) is 2.49. The van der Waals surface area contributed by atoms with Gasteiger partial charge in [0.1, 0.15) is 0 Å². The maximum Gasteiger partial charge on any atom is -0.00187 e. The van der Waals surface area contributed by atoms with Crippen LogP contribution in [0.1, 0.15) is 38.5 Å². The van der Waals surface area contributed by atoms with Gasteiger partial charge in [-0.15, -0.1) is 0 Å². The van der Waals surface area contributed by atoms with E-state index >= 15 is 0 Å². The molecule has 0 aromatic carbocycles. The summed E-state index contributed by atoms with van der Waals surface area (Å²) >= 11 is 0. The molecule has 0 amide bonds. The third-order valence-corrected chi connectivity index (χ3v) is 3.93. The molecule has 2 nitrogen and oxygen atoms in total. The predicted molar refractivity (Wildman–Crippen MR) is 65.0 cm³/mol. The molecule has 2 fully saturated rings. The van der Waals surface area contributed by atoms with E-state index in [4.69, 9.17) is 0 Å². The fraction of sp³-hybridized carbons (Fsp3) is 1.00. The number of nitrogens with one attached hydrogen (secondary N) is 1. The predicted octanol–water partition coefficient (Wildman–Crippen LogP) is 2.11. The monoisotopic (exact) mass is 210 g/mol. The van der Waals surface area contributed by atoms with E-state index in [0.717, 1.165) is 11.8 Å². The first kappa shape index (κ1) is 11.4. The highest BCUT2D eigenvalue weighted by Gasteiger charge is 2.20. The Morgan fingerprint density at radius 3 is 2.47 bits per heavy atom. The average molecular weight is 210 g/mol. The van der Waals surface area contributed by atoms with Crippen LogP contribution in [0.25, 0.3) is 0 Å². The summed E-state index contributed by atoms with van der Waals surface area (Å²) in [7, 11) is 2.24. The van der Waals surface area contributed by atoms with E-state index in [9.17, 15) is 0 Å². The first-order valence-corrected chi connectivity index (χ1v) is 6.74. The van der Waals surface area contributed by atoms with Crippen molar-refractivity contribution >= 4 is 0 Å². The molecule has 2 heteroatoms. The van der Waals surface area contributed by atoms with Crippen molar-refractivity contribution in [2.24, 2.45) is 11.8 Å². The van der Waals surface area contributed by atoms with Crippen LogP contribution in [-0.4, -0.2) is 38.1 Å². The third kappa shape index (κ3) is 4.52. The Balaban J connectivity index is 1.43. The van der Waals surface area contributed by atoms with Gasteiger partial charge in [0.2, 0.25) is 0 Å². The van der Waals surface area contributed by atoms with E-state index in [1.165, 1.54) is 64.7 Å². The van der Waals surface area contributed by atoms with Gasteiger partial charge in [-0.25, -0.2) is 0 Å². The SMILES string of the molecule is CN1CCC(CNCCCC2CC2)CC1. The molecule has 1 N–H and O–H groups in total. The van der Waals surface area contributed by atoms with Gasteiger partial charge in [-0.2, -0.15) is 0 Å². The van der Waals surface area contributed by atoms with Crippen molar-refractivity contribution < 1.29 is 0 Å². The molecule has 0 spiro atoms. The summed E-state index contributed by atoms with van der Waals surface area (Å²) in [6.45, 7) is 5.12. The Labute approximate surface area is 94.4 Å². The second kappa shape index (κ2) is 5.86. The minimum Gasteiger partial charge on any atom is -0.316 e. The van der Waals surface area contributed by atoms with Crippen molar-refractivity contribution in [2.75, 3.05) is 33.2 Å². The third-order valence-electron chi connectivity index (χ3n) is 3.93. The lowest BCUT2D eigenvalue weighted by molar-refractivity contribution is 0.216. The van der Waals surface area contributed by atoms with Crippen LogP contribution < -0.4 is 5.32 Å². The molecule has 1 saturated heterocycles. The average Bonchev–Trinajstić information content (AvgIpc) is 3.04. The second-order valence-corrected chi connectivity index (χ2v) is 5.54. The molecular weight excluding hydrogens is 184 g/mol. The Bertz CT molecular complexity index is 169. The lowest BCUT2D eigenvalue weighted by Gasteiger charge is -2.29. The van der Waals surface area contributed by atoms with E-state index in [-0.39, 0.29) is 0 Å². The van der Waals surface area contributed by atoms with Crippen LogP contribution in [0, 0.1) is 11.8 Å². The molecule has 0 aromatic rings. The van der Waals surface area contributed by atoms with Crippen LogP contribution in [0.4, 0.5) is 0 Å². The van der Waals surface area contributed by atoms with Crippen molar-refractivity contribution in [3.8, 4) is 0 Å². The van der Waals surface area contributed by atoms with Crippen LogP contribution in [0.15, 0.2) is 0 Å². The molecule has 2 rings (SSSR count). The summed E-state index contributed by atoms with van der Waals surface area (Å²) in [4.78, 5) is 2.45. The summed E-state index contributed by atoms with van der Waals surface area (Å²) in [6, 6.07) is 0. The quantitative estimate of drug-likeness (QED) is 0.676. The molecule has 1 saturated carbocycles. The minimum absolute atomic E-state index is 0.946. The fourth-order valence-corrected chi connectivity index (χ4v) is 2.49. The molecular formula is C13H26N2. The smallest absolute Gasteiger partial charge is 0.00187 e. The van der Waals surface area contributed by atoms with Gasteiger partial charge in [-0.05, 0) is 70.7 Å². The summed E-state index contributed by atoms with van der Waals surface area (Å²) in [6.07, 6.45) is 8.68. The molecule has 88 valence electrons. The standard InChI is InChI=1S/C13H26N2/c1-15-9-6-13(7-10-15)11-14-8-2-3-12-4-5-12/h12-14H,2-11H2,1H3. The highest BCUT2D eigenvalue weighted by Crippen LogP contribution is 2.33. The lowest BCUT2D eigenvalue weighted by Crippen LogP contribution is -2.35. The zero-order chi connectivity index (χ0) is 10.5. The summed E-state index contributed by atoms with van der Waals surface area (Å²) < 4.78 is 0. The molecule has 1 heterocycles. The van der Waals surface area contributed by atoms with Gasteiger partial charge in [0.25, 0.3) is 0 Å². The van der Waals surface area contributed by atoms with Gasteiger partial charge in [0.15, 0.2) is 0 Å². The maximum atomic E-state index is 3.63. The van der Waals surface area contributed by atoms with Gasteiger partial charge >= 0.3 is 0 Å². The van der Waals surface area contributed by atoms with Crippen molar-refractivity contribution in [3.05, 3.63) is 0 Å². The van der Waals surface area contributed by atoms with Gasteiger partial charge in [-0.1, -0.05) is 12.8 Å². The summed E-state index contributed by atoms with van der Waals surface area (Å²) in [5.41, 5.74) is 0. The van der Waals surface area contributed by atoms with Crippen molar-refractivity contribution in [1.29, 1.82) is 0 Å². The van der Waals surface area contributed by atoms with Gasteiger partial charge in [0.05, 0.1) is 0 Å². The van der Waals surface area contributed by atoms with Crippen molar-refractivity contribution in [1.82, 2.24) is 10.2 Å². The van der Waals surface area contributed by atoms with Crippen LogP contribution in [-0.2, 0) is 0 Å². The highest BCUT2D eigenvalue weighted by molar-refractivity contribution is 4.74. The zero-order valence-corrected chi connectivity index (χ0v) is 10.2. The number of hydrogen-bond acceptors (Lipinski definition) is 2. The molecule has 15 heavy (non-hydrogen) atoms.